The van der Waals surface area contributed by atoms with E-state index in [-0.39, 0.29) is 0 Å². The normalized spacial score (nSPS) is 21.1. The summed E-state index contributed by atoms with van der Waals surface area (Å²) in [5.74, 6) is 0.612. The maximum absolute atomic E-state index is 4.23. The van der Waals surface area contributed by atoms with E-state index < -0.39 is 0 Å². The van der Waals surface area contributed by atoms with Gasteiger partial charge in [-0.1, -0.05) is 57.9 Å². The van der Waals surface area contributed by atoms with Gasteiger partial charge in [0.2, 0.25) is 0 Å². The van der Waals surface area contributed by atoms with Crippen molar-refractivity contribution in [3.05, 3.63) is 36.0 Å². The van der Waals surface area contributed by atoms with Crippen LogP contribution in [0.5, 0.6) is 0 Å². The summed E-state index contributed by atoms with van der Waals surface area (Å²) in [6.07, 6.45) is 13.0. The summed E-state index contributed by atoms with van der Waals surface area (Å²) in [6, 6.07) is 0. The maximum atomic E-state index is 4.23. The van der Waals surface area contributed by atoms with Gasteiger partial charge in [-0.05, 0) is 24.0 Å². The first-order valence-corrected chi connectivity index (χ1v) is 5.86. The third kappa shape index (κ3) is 2.87. The molecule has 0 bridgehead atoms. The van der Waals surface area contributed by atoms with Crippen molar-refractivity contribution in [3.8, 4) is 0 Å². The molecule has 1 rings (SSSR count). The van der Waals surface area contributed by atoms with E-state index in [1.54, 1.807) is 0 Å². The van der Waals surface area contributed by atoms with Gasteiger partial charge in [0.05, 0.1) is 0 Å². The lowest BCUT2D eigenvalue weighted by molar-refractivity contribution is 0.615. The van der Waals surface area contributed by atoms with Crippen molar-refractivity contribution in [1.82, 2.24) is 0 Å². The van der Waals surface area contributed by atoms with Crippen molar-refractivity contribution in [3.63, 3.8) is 0 Å². The Kier molecular flexibility index (Phi) is 4.72. The fourth-order valence-corrected chi connectivity index (χ4v) is 1.97. The van der Waals surface area contributed by atoms with Crippen LogP contribution in [0, 0.1) is 5.92 Å². The van der Waals surface area contributed by atoms with Gasteiger partial charge in [0.1, 0.15) is 0 Å². The maximum Gasteiger partial charge on any atom is 0.00179 e. The minimum atomic E-state index is 0.612. The molecule has 0 N–H and O–H groups in total. The first-order chi connectivity index (χ1) is 6.79. The van der Waals surface area contributed by atoms with Gasteiger partial charge in [0.15, 0.2) is 0 Å². The van der Waals surface area contributed by atoms with E-state index in [0.29, 0.717) is 5.92 Å². The van der Waals surface area contributed by atoms with E-state index in [1.165, 1.54) is 43.3 Å². The van der Waals surface area contributed by atoms with Crippen molar-refractivity contribution >= 4 is 0 Å². The third-order valence-electron chi connectivity index (χ3n) is 2.89. The Morgan fingerprint density at radius 3 is 2.71 bits per heavy atom. The summed E-state index contributed by atoms with van der Waals surface area (Å²) in [5.41, 5.74) is 2.83. The Morgan fingerprint density at radius 2 is 2.07 bits per heavy atom. The molecule has 1 aliphatic rings. The number of hydrogen-bond donors (Lipinski definition) is 0. The molecule has 0 amide bonds. The van der Waals surface area contributed by atoms with E-state index in [0.717, 1.165) is 0 Å². The lowest BCUT2D eigenvalue weighted by atomic mass is 9.84. The van der Waals surface area contributed by atoms with Gasteiger partial charge in [-0.25, -0.2) is 0 Å². The molecule has 0 spiro atoms. The van der Waals surface area contributed by atoms with E-state index in [9.17, 15) is 0 Å². The van der Waals surface area contributed by atoms with Gasteiger partial charge in [-0.15, -0.1) is 0 Å². The quantitative estimate of drug-likeness (QED) is 0.592. The number of allylic oxidation sites excluding steroid dienone is 5. The van der Waals surface area contributed by atoms with Gasteiger partial charge in [-0.3, -0.25) is 0 Å². The van der Waals surface area contributed by atoms with Crippen molar-refractivity contribution in [2.75, 3.05) is 0 Å². The molecule has 14 heavy (non-hydrogen) atoms. The molecule has 0 aromatic carbocycles. The van der Waals surface area contributed by atoms with Gasteiger partial charge >= 0.3 is 0 Å². The molecular weight excluding hydrogens is 168 g/mol. The molecule has 78 valence electrons. The first-order valence-electron chi connectivity index (χ1n) is 5.86. The molecule has 0 radical (unpaired) electrons. The minimum absolute atomic E-state index is 0.612. The molecule has 1 atom stereocenters. The molecule has 0 heteroatoms. The molecule has 0 unspecified atom stereocenters. The van der Waals surface area contributed by atoms with Gasteiger partial charge in [0, 0.05) is 5.92 Å². The van der Waals surface area contributed by atoms with Crippen molar-refractivity contribution in [2.45, 2.75) is 46.0 Å². The summed E-state index contributed by atoms with van der Waals surface area (Å²) < 4.78 is 0. The Bertz CT molecular complexity index is 243. The summed E-state index contributed by atoms with van der Waals surface area (Å²) in [4.78, 5) is 0. The average molecular weight is 190 g/mol. The molecule has 0 saturated heterocycles. The molecule has 0 nitrogen and oxygen atoms in total. The van der Waals surface area contributed by atoms with Gasteiger partial charge in [-0.2, -0.15) is 0 Å². The second-order valence-corrected chi connectivity index (χ2v) is 4.10. The second kappa shape index (κ2) is 5.85. The number of hydrogen-bond acceptors (Lipinski definition) is 0. The van der Waals surface area contributed by atoms with Crippen molar-refractivity contribution in [1.29, 1.82) is 0 Å². The molecule has 0 aliphatic heterocycles. The zero-order valence-electron chi connectivity index (χ0n) is 9.55. The Morgan fingerprint density at radius 1 is 1.29 bits per heavy atom. The Hall–Kier alpha value is -0.780. The first kappa shape index (κ1) is 11.3. The van der Waals surface area contributed by atoms with Crippen molar-refractivity contribution < 1.29 is 0 Å². The third-order valence-corrected chi connectivity index (χ3v) is 2.89. The van der Waals surface area contributed by atoms with Crippen molar-refractivity contribution in [2.24, 2.45) is 5.92 Å². The molecule has 0 aromatic rings. The highest BCUT2D eigenvalue weighted by atomic mass is 14.2. The fourth-order valence-electron chi connectivity index (χ4n) is 1.97. The van der Waals surface area contributed by atoms with E-state index >= 15 is 0 Å². The molecule has 0 saturated carbocycles. The highest BCUT2D eigenvalue weighted by Gasteiger charge is 2.14. The molecule has 0 aromatic heterocycles. The van der Waals surface area contributed by atoms with Crippen LogP contribution in [0.3, 0.4) is 0 Å². The van der Waals surface area contributed by atoms with Crippen LogP contribution in [-0.2, 0) is 0 Å². The van der Waals surface area contributed by atoms with Crippen LogP contribution < -0.4 is 0 Å². The van der Waals surface area contributed by atoms with Crippen LogP contribution in [0.15, 0.2) is 36.0 Å². The highest BCUT2D eigenvalue weighted by molar-refractivity contribution is 5.39. The zero-order valence-corrected chi connectivity index (χ0v) is 9.55. The molecule has 0 fully saturated rings. The highest BCUT2D eigenvalue weighted by Crippen LogP contribution is 2.30. The smallest absolute Gasteiger partial charge is 0.00179 e. The second-order valence-electron chi connectivity index (χ2n) is 4.10. The van der Waals surface area contributed by atoms with Gasteiger partial charge in [0.25, 0.3) is 0 Å². The van der Waals surface area contributed by atoms with Crippen LogP contribution in [0.4, 0.5) is 0 Å². The fraction of sp³-hybridized carbons (Fsp3) is 0.571. The monoisotopic (exact) mass is 190 g/mol. The van der Waals surface area contributed by atoms with E-state index in [2.05, 4.69) is 38.7 Å². The van der Waals surface area contributed by atoms with Crippen LogP contribution in [-0.4, -0.2) is 0 Å². The number of unbranched alkanes of at least 4 members (excludes halogenated alkanes) is 1. The summed E-state index contributed by atoms with van der Waals surface area (Å²) in [5, 5.41) is 0. The van der Waals surface area contributed by atoms with E-state index in [4.69, 9.17) is 0 Å². The predicted molar refractivity (Wildman–Crippen MR) is 64.3 cm³/mol. The van der Waals surface area contributed by atoms with Crippen LogP contribution >= 0.6 is 0 Å². The number of rotatable bonds is 5. The Balaban J connectivity index is 2.54. The summed E-state index contributed by atoms with van der Waals surface area (Å²) in [7, 11) is 0. The lowest BCUT2D eigenvalue weighted by Gasteiger charge is -2.21. The molecular formula is C14H22. The summed E-state index contributed by atoms with van der Waals surface area (Å²) >= 11 is 0. The minimum Gasteiger partial charge on any atom is -0.0950 e. The standard InChI is InChI=1S/C14H22/c1-4-6-9-14-11-7-10-13(8-5-2)12(14)3/h7,10-11,14H,3-6,8-9H2,1-2H3/t14-/m1/s1. The van der Waals surface area contributed by atoms with Crippen LogP contribution in [0.2, 0.25) is 0 Å². The SMILES string of the molecule is C=C1C(CCC)=CC=C[C@H]1CCCC. The largest absolute Gasteiger partial charge is 0.0950 e. The van der Waals surface area contributed by atoms with Crippen LogP contribution in [0.1, 0.15) is 46.0 Å². The molecule has 0 heterocycles. The lowest BCUT2D eigenvalue weighted by Crippen LogP contribution is -2.06. The van der Waals surface area contributed by atoms with Gasteiger partial charge < -0.3 is 0 Å². The topological polar surface area (TPSA) is 0 Å². The average Bonchev–Trinajstić information content (AvgIpc) is 2.20. The van der Waals surface area contributed by atoms with E-state index in [1.807, 2.05) is 0 Å². The zero-order chi connectivity index (χ0) is 10.4. The Labute approximate surface area is 88.4 Å². The molecule has 1 aliphatic carbocycles. The predicted octanol–water partition coefficient (Wildman–Crippen LogP) is 4.65. The van der Waals surface area contributed by atoms with Crippen LogP contribution in [0.25, 0.3) is 0 Å². The summed E-state index contributed by atoms with van der Waals surface area (Å²) in [6.45, 7) is 8.71.